The van der Waals surface area contributed by atoms with Crippen molar-refractivity contribution >= 4 is 39.5 Å². The molecule has 0 N–H and O–H groups in total. The molecule has 1 aromatic carbocycles. The van der Waals surface area contributed by atoms with E-state index >= 15 is 0 Å². The van der Waals surface area contributed by atoms with Crippen LogP contribution in [0.5, 0.6) is 0 Å². The Morgan fingerprint density at radius 3 is 3.06 bits per heavy atom. The molecule has 0 bridgehead atoms. The second-order valence-electron chi connectivity index (χ2n) is 3.43. The fraction of sp³-hybridized carbons (Fsp3) is 0.250. The molecule has 3 nitrogen and oxygen atoms in total. The Kier molecular flexibility index (Phi) is 3.48. The van der Waals surface area contributed by atoms with Crippen LogP contribution < -0.4 is 0 Å². The van der Waals surface area contributed by atoms with Gasteiger partial charge in [0, 0.05) is 5.39 Å². The number of benzene rings is 1. The molecule has 0 saturated carbocycles. The van der Waals surface area contributed by atoms with Gasteiger partial charge < -0.3 is 9.15 Å². The number of rotatable bonds is 3. The normalized spacial score (nSPS) is 10.6. The van der Waals surface area contributed by atoms with Crippen LogP contribution in [0.4, 0.5) is 0 Å². The number of halogens is 1. The first kappa shape index (κ1) is 11.4. The lowest BCUT2D eigenvalue weighted by Crippen LogP contribution is -2.06. The first-order valence-corrected chi connectivity index (χ1v) is 6.14. The first-order valence-electron chi connectivity index (χ1n) is 5.06. The average molecular weight is 330 g/mol. The molecule has 2 aromatic rings. The van der Waals surface area contributed by atoms with E-state index in [1.54, 1.807) is 18.4 Å². The molecule has 0 unspecified atom stereocenters. The summed E-state index contributed by atoms with van der Waals surface area (Å²) in [6.07, 6.45) is 2.45. The van der Waals surface area contributed by atoms with Crippen LogP contribution in [0.2, 0.25) is 0 Å². The third-order valence-corrected chi connectivity index (χ3v) is 2.98. The quantitative estimate of drug-likeness (QED) is 0.638. The summed E-state index contributed by atoms with van der Waals surface area (Å²) in [5.41, 5.74) is 1.39. The van der Waals surface area contributed by atoms with Gasteiger partial charge in [0.2, 0.25) is 0 Å². The van der Waals surface area contributed by atoms with Gasteiger partial charge in [-0.3, -0.25) is 0 Å². The number of fused-ring (bicyclic) bond motifs is 1. The van der Waals surface area contributed by atoms with Gasteiger partial charge in [0.05, 0.1) is 22.0 Å². The Bertz CT molecular complexity index is 516. The average Bonchev–Trinajstić information content (AvgIpc) is 2.74. The van der Waals surface area contributed by atoms with Crippen molar-refractivity contribution in [1.29, 1.82) is 0 Å². The molecule has 0 spiro atoms. The molecule has 0 aliphatic heterocycles. The molecule has 1 aromatic heterocycles. The van der Waals surface area contributed by atoms with Crippen LogP contribution in [0, 0.1) is 3.57 Å². The van der Waals surface area contributed by atoms with Crippen molar-refractivity contribution in [3.63, 3.8) is 0 Å². The number of ether oxygens (including phenoxy) is 1. The summed E-state index contributed by atoms with van der Waals surface area (Å²) < 4.78 is 11.3. The van der Waals surface area contributed by atoms with Crippen molar-refractivity contribution in [2.45, 2.75) is 13.3 Å². The van der Waals surface area contributed by atoms with Crippen LogP contribution in [-0.2, 0) is 4.74 Å². The lowest BCUT2D eigenvalue weighted by Gasteiger charge is -2.03. The number of furan rings is 1. The van der Waals surface area contributed by atoms with Crippen molar-refractivity contribution in [2.75, 3.05) is 6.61 Å². The van der Waals surface area contributed by atoms with Gasteiger partial charge in [-0.15, -0.1) is 0 Å². The molecule has 0 radical (unpaired) electrons. The molecule has 2 rings (SSSR count). The van der Waals surface area contributed by atoms with Gasteiger partial charge in [-0.1, -0.05) is 6.92 Å². The van der Waals surface area contributed by atoms with E-state index in [1.165, 1.54) is 0 Å². The minimum atomic E-state index is -0.275. The monoisotopic (exact) mass is 330 g/mol. The van der Waals surface area contributed by atoms with Crippen molar-refractivity contribution in [3.05, 3.63) is 33.6 Å². The van der Waals surface area contributed by atoms with Crippen molar-refractivity contribution < 1.29 is 13.9 Å². The minimum Gasteiger partial charge on any atom is -0.463 e. The van der Waals surface area contributed by atoms with Gasteiger partial charge in [-0.05, 0) is 47.2 Å². The second-order valence-corrected chi connectivity index (χ2v) is 4.60. The van der Waals surface area contributed by atoms with Gasteiger partial charge in [-0.2, -0.15) is 0 Å². The molecule has 16 heavy (non-hydrogen) atoms. The zero-order valence-corrected chi connectivity index (χ0v) is 11.0. The standard InChI is InChI=1S/C12H11IO3/c1-2-4-16-12(14)9-6-8-3-5-15-11(8)10(13)7-9/h3,5-7H,2,4H2,1H3. The number of esters is 1. The predicted molar refractivity (Wildman–Crippen MR) is 69.5 cm³/mol. The summed E-state index contributed by atoms with van der Waals surface area (Å²) in [5, 5.41) is 0.926. The highest BCUT2D eigenvalue weighted by atomic mass is 127. The summed E-state index contributed by atoms with van der Waals surface area (Å²) >= 11 is 2.15. The van der Waals surface area contributed by atoms with E-state index in [0.29, 0.717) is 12.2 Å². The molecular formula is C12H11IO3. The Balaban J connectivity index is 2.34. The third kappa shape index (κ3) is 2.21. The van der Waals surface area contributed by atoms with E-state index in [9.17, 15) is 4.79 Å². The molecular weight excluding hydrogens is 319 g/mol. The Hall–Kier alpha value is -1.04. The summed E-state index contributed by atoms with van der Waals surface area (Å²) in [4.78, 5) is 11.7. The smallest absolute Gasteiger partial charge is 0.338 e. The molecule has 0 aliphatic rings. The van der Waals surface area contributed by atoms with Crippen molar-refractivity contribution in [3.8, 4) is 0 Å². The highest BCUT2D eigenvalue weighted by Gasteiger charge is 2.11. The lowest BCUT2D eigenvalue weighted by atomic mass is 10.2. The van der Waals surface area contributed by atoms with Gasteiger partial charge in [-0.25, -0.2) is 4.79 Å². The summed E-state index contributed by atoms with van der Waals surface area (Å²) in [6.45, 7) is 2.43. The van der Waals surface area contributed by atoms with Crippen LogP contribution in [0.15, 0.2) is 28.9 Å². The molecule has 0 atom stereocenters. The maximum atomic E-state index is 11.7. The molecule has 0 fully saturated rings. The lowest BCUT2D eigenvalue weighted by molar-refractivity contribution is 0.0505. The van der Waals surface area contributed by atoms with Crippen LogP contribution >= 0.6 is 22.6 Å². The highest BCUT2D eigenvalue weighted by molar-refractivity contribution is 14.1. The van der Waals surface area contributed by atoms with Gasteiger partial charge in [0.1, 0.15) is 5.58 Å². The van der Waals surface area contributed by atoms with E-state index < -0.39 is 0 Å². The number of carbonyl (C=O) groups is 1. The zero-order valence-electron chi connectivity index (χ0n) is 8.83. The minimum absolute atomic E-state index is 0.275. The maximum absolute atomic E-state index is 11.7. The molecule has 0 aliphatic carbocycles. The Morgan fingerprint density at radius 1 is 1.50 bits per heavy atom. The zero-order chi connectivity index (χ0) is 11.5. The van der Waals surface area contributed by atoms with Gasteiger partial charge in [0.15, 0.2) is 0 Å². The summed E-state index contributed by atoms with van der Waals surface area (Å²) in [6, 6.07) is 5.41. The van der Waals surface area contributed by atoms with Gasteiger partial charge in [0.25, 0.3) is 0 Å². The summed E-state index contributed by atoms with van der Waals surface area (Å²) in [7, 11) is 0. The Labute approximate surface area is 107 Å². The topological polar surface area (TPSA) is 39.4 Å². The fourth-order valence-electron chi connectivity index (χ4n) is 1.43. The molecule has 0 amide bonds. The van der Waals surface area contributed by atoms with Crippen molar-refractivity contribution in [2.24, 2.45) is 0 Å². The van der Waals surface area contributed by atoms with E-state index in [0.717, 1.165) is 21.0 Å². The third-order valence-electron chi connectivity index (χ3n) is 2.18. The van der Waals surface area contributed by atoms with Crippen LogP contribution in [0.3, 0.4) is 0 Å². The van der Waals surface area contributed by atoms with Gasteiger partial charge >= 0.3 is 5.97 Å². The Morgan fingerprint density at radius 2 is 2.31 bits per heavy atom. The number of carbonyl (C=O) groups excluding carboxylic acids is 1. The molecule has 4 heteroatoms. The fourth-order valence-corrected chi connectivity index (χ4v) is 2.21. The molecule has 0 saturated heterocycles. The highest BCUT2D eigenvalue weighted by Crippen LogP contribution is 2.24. The first-order chi connectivity index (χ1) is 7.72. The van der Waals surface area contributed by atoms with Crippen molar-refractivity contribution in [1.82, 2.24) is 0 Å². The second kappa shape index (κ2) is 4.86. The molecule has 84 valence electrons. The van der Waals surface area contributed by atoms with E-state index in [-0.39, 0.29) is 5.97 Å². The predicted octanol–water partition coefficient (Wildman–Crippen LogP) is 3.60. The maximum Gasteiger partial charge on any atom is 0.338 e. The van der Waals surface area contributed by atoms with E-state index in [2.05, 4.69) is 22.6 Å². The van der Waals surface area contributed by atoms with E-state index in [4.69, 9.17) is 9.15 Å². The number of hydrogen-bond acceptors (Lipinski definition) is 3. The van der Waals surface area contributed by atoms with Crippen LogP contribution in [0.25, 0.3) is 11.0 Å². The van der Waals surface area contributed by atoms with E-state index in [1.807, 2.05) is 13.0 Å². The number of hydrogen-bond donors (Lipinski definition) is 0. The van der Waals surface area contributed by atoms with Crippen LogP contribution in [0.1, 0.15) is 23.7 Å². The molecule has 1 heterocycles. The van der Waals surface area contributed by atoms with Crippen LogP contribution in [-0.4, -0.2) is 12.6 Å². The largest absolute Gasteiger partial charge is 0.463 e. The summed E-state index contributed by atoms with van der Waals surface area (Å²) in [5.74, 6) is -0.275. The SMILES string of the molecule is CCCOC(=O)c1cc(I)c2occc2c1.